The minimum atomic E-state index is -0.663. The Hall–Kier alpha value is -1.63. The van der Waals surface area contributed by atoms with Crippen molar-refractivity contribution in [1.82, 2.24) is 0 Å². The van der Waals surface area contributed by atoms with E-state index in [2.05, 4.69) is 21.2 Å². The molecule has 0 atom stereocenters. The van der Waals surface area contributed by atoms with Crippen LogP contribution in [0.2, 0.25) is 10.0 Å². The van der Waals surface area contributed by atoms with E-state index in [1.54, 1.807) is 18.2 Å². The Morgan fingerprint density at radius 2 is 1.90 bits per heavy atom. The van der Waals surface area contributed by atoms with Crippen LogP contribution in [-0.4, -0.2) is 10.8 Å². The van der Waals surface area contributed by atoms with Gasteiger partial charge in [-0.3, -0.25) is 14.9 Å². The van der Waals surface area contributed by atoms with Crippen LogP contribution in [0.5, 0.6) is 0 Å². The summed E-state index contributed by atoms with van der Waals surface area (Å²) in [5, 5.41) is 14.0. The first kappa shape index (κ1) is 15.8. The van der Waals surface area contributed by atoms with Crippen LogP contribution in [0.4, 0.5) is 11.4 Å². The molecule has 0 aliphatic heterocycles. The molecule has 0 aliphatic carbocycles. The molecule has 1 amide bonds. The van der Waals surface area contributed by atoms with Gasteiger partial charge >= 0.3 is 0 Å². The number of nitro groups is 1. The van der Waals surface area contributed by atoms with Crippen LogP contribution >= 0.6 is 39.1 Å². The van der Waals surface area contributed by atoms with Gasteiger partial charge in [-0.15, -0.1) is 0 Å². The number of nitrogens with zero attached hydrogens (tertiary/aromatic N) is 1. The number of nitrogens with one attached hydrogen (secondary N) is 1. The van der Waals surface area contributed by atoms with Crippen LogP contribution in [0.1, 0.15) is 10.4 Å². The monoisotopic (exact) mass is 388 g/mol. The fraction of sp³-hybridized carbons (Fsp3) is 0. The fourth-order valence-electron chi connectivity index (χ4n) is 1.63. The summed E-state index contributed by atoms with van der Waals surface area (Å²) in [5.74, 6) is -0.663. The molecule has 8 heteroatoms. The van der Waals surface area contributed by atoms with E-state index >= 15 is 0 Å². The van der Waals surface area contributed by atoms with Crippen LogP contribution in [0.25, 0.3) is 0 Å². The first-order valence-corrected chi connectivity index (χ1v) is 7.13. The number of hydrogen-bond acceptors (Lipinski definition) is 3. The van der Waals surface area contributed by atoms with Gasteiger partial charge in [-0.25, -0.2) is 0 Å². The molecule has 0 saturated carbocycles. The van der Waals surface area contributed by atoms with E-state index in [0.29, 0.717) is 15.2 Å². The van der Waals surface area contributed by atoms with E-state index in [4.69, 9.17) is 23.2 Å². The molecule has 2 rings (SSSR count). The third kappa shape index (κ3) is 3.72. The summed E-state index contributed by atoms with van der Waals surface area (Å²) in [6.45, 7) is 0. The highest BCUT2D eigenvalue weighted by Gasteiger charge is 2.21. The summed E-state index contributed by atoms with van der Waals surface area (Å²) in [7, 11) is 0. The maximum atomic E-state index is 12.2. The van der Waals surface area contributed by atoms with Crippen molar-refractivity contribution in [2.24, 2.45) is 0 Å². The second-order valence-electron chi connectivity index (χ2n) is 4.00. The first-order chi connectivity index (χ1) is 9.88. The Bertz CT molecular complexity index is 737. The van der Waals surface area contributed by atoms with E-state index in [9.17, 15) is 14.9 Å². The lowest BCUT2D eigenvalue weighted by Gasteiger charge is -2.08. The summed E-state index contributed by atoms with van der Waals surface area (Å²) in [4.78, 5) is 22.5. The Balaban J connectivity index is 2.39. The third-order valence-corrected chi connectivity index (χ3v) is 3.63. The molecule has 0 unspecified atom stereocenters. The number of benzene rings is 2. The number of rotatable bonds is 3. The summed E-state index contributed by atoms with van der Waals surface area (Å²) in [6, 6.07) is 8.66. The zero-order valence-electron chi connectivity index (χ0n) is 10.3. The molecule has 0 spiro atoms. The van der Waals surface area contributed by atoms with E-state index in [1.807, 2.05) is 0 Å². The second kappa shape index (κ2) is 6.43. The van der Waals surface area contributed by atoms with Crippen molar-refractivity contribution >= 4 is 56.4 Å². The molecule has 0 radical (unpaired) electrons. The van der Waals surface area contributed by atoms with Crippen molar-refractivity contribution in [2.45, 2.75) is 0 Å². The molecule has 1 N–H and O–H groups in total. The quantitative estimate of drug-likeness (QED) is 0.598. The lowest BCUT2D eigenvalue weighted by atomic mass is 10.1. The van der Waals surface area contributed by atoms with Gasteiger partial charge in [0.1, 0.15) is 5.56 Å². The summed E-state index contributed by atoms with van der Waals surface area (Å²) < 4.78 is 0.711. The van der Waals surface area contributed by atoms with Gasteiger partial charge in [0.15, 0.2) is 0 Å². The zero-order valence-corrected chi connectivity index (χ0v) is 13.4. The van der Waals surface area contributed by atoms with Gasteiger partial charge in [0.05, 0.1) is 15.6 Å². The van der Waals surface area contributed by atoms with Gasteiger partial charge in [-0.05, 0) is 30.3 Å². The SMILES string of the molecule is O=C(Nc1cc(Br)ccc1Cl)c1cc(Cl)ccc1[N+](=O)[O-]. The largest absolute Gasteiger partial charge is 0.320 e. The van der Waals surface area contributed by atoms with Gasteiger partial charge in [0, 0.05) is 15.6 Å². The van der Waals surface area contributed by atoms with Gasteiger partial charge in [-0.2, -0.15) is 0 Å². The maximum Gasteiger partial charge on any atom is 0.282 e. The Kier molecular flexibility index (Phi) is 4.82. The van der Waals surface area contributed by atoms with Crippen molar-refractivity contribution in [2.75, 3.05) is 5.32 Å². The van der Waals surface area contributed by atoms with Crippen molar-refractivity contribution < 1.29 is 9.72 Å². The highest BCUT2D eigenvalue weighted by Crippen LogP contribution is 2.28. The number of nitro benzene ring substituents is 1. The minimum Gasteiger partial charge on any atom is -0.320 e. The molecule has 2 aromatic rings. The molecule has 2 aromatic carbocycles. The average molecular weight is 390 g/mol. The second-order valence-corrected chi connectivity index (χ2v) is 5.76. The number of carbonyl (C=O) groups is 1. The number of carbonyl (C=O) groups excluding carboxylic acids is 1. The van der Waals surface area contributed by atoms with Crippen molar-refractivity contribution in [3.05, 3.63) is 66.6 Å². The van der Waals surface area contributed by atoms with Crippen LogP contribution in [0, 0.1) is 10.1 Å². The average Bonchev–Trinajstić information content (AvgIpc) is 2.42. The highest BCUT2D eigenvalue weighted by molar-refractivity contribution is 9.10. The van der Waals surface area contributed by atoms with E-state index in [-0.39, 0.29) is 16.3 Å². The standard InChI is InChI=1S/C13H7BrCl2N2O3/c14-7-1-3-10(16)11(5-7)17-13(19)9-6-8(15)2-4-12(9)18(20)21/h1-6H,(H,17,19). The lowest BCUT2D eigenvalue weighted by molar-refractivity contribution is -0.385. The van der Waals surface area contributed by atoms with E-state index in [0.717, 1.165) is 0 Å². The number of anilines is 1. The first-order valence-electron chi connectivity index (χ1n) is 5.59. The van der Waals surface area contributed by atoms with Crippen molar-refractivity contribution in [1.29, 1.82) is 0 Å². The molecule has 5 nitrogen and oxygen atoms in total. The highest BCUT2D eigenvalue weighted by atomic mass is 79.9. The molecule has 108 valence electrons. The number of amides is 1. The topological polar surface area (TPSA) is 72.2 Å². The smallest absolute Gasteiger partial charge is 0.282 e. The Morgan fingerprint density at radius 3 is 2.57 bits per heavy atom. The number of hydrogen-bond donors (Lipinski definition) is 1. The molecule has 0 heterocycles. The zero-order chi connectivity index (χ0) is 15.6. The lowest BCUT2D eigenvalue weighted by Crippen LogP contribution is -2.14. The molecular formula is C13H7BrCl2N2O3. The molecule has 0 saturated heterocycles. The van der Waals surface area contributed by atoms with E-state index in [1.165, 1.54) is 18.2 Å². The van der Waals surface area contributed by atoms with Gasteiger partial charge in [-0.1, -0.05) is 39.1 Å². The molecule has 0 aliphatic rings. The van der Waals surface area contributed by atoms with E-state index < -0.39 is 10.8 Å². The Morgan fingerprint density at radius 1 is 1.19 bits per heavy atom. The molecule has 21 heavy (non-hydrogen) atoms. The van der Waals surface area contributed by atoms with Crippen LogP contribution in [0.15, 0.2) is 40.9 Å². The van der Waals surface area contributed by atoms with Crippen LogP contribution in [-0.2, 0) is 0 Å². The summed E-state index contributed by atoms with van der Waals surface area (Å²) >= 11 is 15.0. The number of halogens is 3. The van der Waals surface area contributed by atoms with Crippen LogP contribution < -0.4 is 5.32 Å². The fourth-order valence-corrected chi connectivity index (χ4v) is 2.33. The molecule has 0 bridgehead atoms. The van der Waals surface area contributed by atoms with Gasteiger partial charge in [0.25, 0.3) is 11.6 Å². The maximum absolute atomic E-state index is 12.2. The normalized spacial score (nSPS) is 10.2. The molecule has 0 aromatic heterocycles. The predicted molar refractivity (Wildman–Crippen MR) is 85.2 cm³/mol. The summed E-state index contributed by atoms with van der Waals surface area (Å²) in [5.41, 5.74) is -0.128. The van der Waals surface area contributed by atoms with Gasteiger partial charge < -0.3 is 5.32 Å². The van der Waals surface area contributed by atoms with Crippen LogP contribution in [0.3, 0.4) is 0 Å². The Labute approximate surface area is 138 Å². The predicted octanol–water partition coefficient (Wildman–Crippen LogP) is 4.92. The van der Waals surface area contributed by atoms with Gasteiger partial charge in [0.2, 0.25) is 0 Å². The van der Waals surface area contributed by atoms with Crippen molar-refractivity contribution in [3.63, 3.8) is 0 Å². The third-order valence-electron chi connectivity index (χ3n) is 2.58. The molecule has 0 fully saturated rings. The van der Waals surface area contributed by atoms with Crippen molar-refractivity contribution in [3.8, 4) is 0 Å². The minimum absolute atomic E-state index is 0.136. The summed E-state index contributed by atoms with van der Waals surface area (Å²) in [6.07, 6.45) is 0. The molecular weight excluding hydrogens is 383 g/mol.